The molecule has 3 aromatic rings. The van der Waals surface area contributed by atoms with E-state index in [1.54, 1.807) is 0 Å². The Balaban J connectivity index is 0.00000341. The molecule has 0 saturated heterocycles. The number of rotatable bonds is 8. The Morgan fingerprint density at radius 2 is 1.90 bits per heavy atom. The number of nitrogens with one attached hydrogen (secondary N) is 3. The Morgan fingerprint density at radius 1 is 1.13 bits per heavy atom. The third-order valence-corrected chi connectivity index (χ3v) is 6.56. The number of sulfone groups is 1. The second-order valence-electron chi connectivity index (χ2n) is 7.00. The maximum absolute atomic E-state index is 13.8. The molecule has 168 valence electrons. The molecule has 3 rings (SSSR count). The average Bonchev–Trinajstić information content (AvgIpc) is 3.12. The summed E-state index contributed by atoms with van der Waals surface area (Å²) in [6.07, 6.45) is 2.81. The molecular weight excluding hydrogens is 530 g/mol. The molecule has 0 atom stereocenters. The topological polar surface area (TPSA) is 86.3 Å². The molecule has 3 N–H and O–H groups in total. The van der Waals surface area contributed by atoms with Gasteiger partial charge < -0.3 is 15.6 Å². The second kappa shape index (κ2) is 11.5. The van der Waals surface area contributed by atoms with Gasteiger partial charge in [-0.15, -0.1) is 24.0 Å². The first-order valence-corrected chi connectivity index (χ1v) is 11.6. The number of guanidine groups is 1. The van der Waals surface area contributed by atoms with Gasteiger partial charge in [0.15, 0.2) is 15.8 Å². The van der Waals surface area contributed by atoms with E-state index in [0.717, 1.165) is 18.0 Å². The SMILES string of the molecule is CCNC(=NCCS(=O)(=O)c1ccccc1F)NCCc1c[nH]c2c(C)cccc12.I. The molecule has 1 aromatic heterocycles. The van der Waals surface area contributed by atoms with E-state index in [4.69, 9.17) is 0 Å². The molecule has 0 amide bonds. The van der Waals surface area contributed by atoms with E-state index < -0.39 is 15.7 Å². The van der Waals surface area contributed by atoms with Crippen LogP contribution in [0, 0.1) is 12.7 Å². The van der Waals surface area contributed by atoms with Gasteiger partial charge in [-0.1, -0.05) is 30.3 Å². The maximum atomic E-state index is 13.8. The highest BCUT2D eigenvalue weighted by molar-refractivity contribution is 14.0. The summed E-state index contributed by atoms with van der Waals surface area (Å²) in [4.78, 5) is 7.37. The van der Waals surface area contributed by atoms with Gasteiger partial charge in [0.2, 0.25) is 0 Å². The molecule has 0 radical (unpaired) electrons. The van der Waals surface area contributed by atoms with Gasteiger partial charge in [-0.25, -0.2) is 12.8 Å². The van der Waals surface area contributed by atoms with Crippen LogP contribution in [0.4, 0.5) is 4.39 Å². The molecule has 0 spiro atoms. The number of aromatic amines is 1. The molecule has 9 heteroatoms. The fraction of sp³-hybridized carbons (Fsp3) is 0.318. The third kappa shape index (κ3) is 6.42. The summed E-state index contributed by atoms with van der Waals surface area (Å²) in [6, 6.07) is 11.6. The highest BCUT2D eigenvalue weighted by atomic mass is 127. The van der Waals surface area contributed by atoms with Crippen LogP contribution < -0.4 is 10.6 Å². The summed E-state index contributed by atoms with van der Waals surface area (Å²) in [5.41, 5.74) is 3.56. The van der Waals surface area contributed by atoms with E-state index in [-0.39, 0.29) is 41.2 Å². The predicted octanol–water partition coefficient (Wildman–Crippen LogP) is 3.80. The summed E-state index contributed by atoms with van der Waals surface area (Å²) in [7, 11) is -3.73. The van der Waals surface area contributed by atoms with Crippen LogP contribution in [-0.4, -0.2) is 44.7 Å². The van der Waals surface area contributed by atoms with Crippen LogP contribution in [-0.2, 0) is 16.3 Å². The summed E-state index contributed by atoms with van der Waals surface area (Å²) in [5.74, 6) is -0.454. The van der Waals surface area contributed by atoms with Gasteiger partial charge in [-0.3, -0.25) is 4.99 Å². The van der Waals surface area contributed by atoms with Gasteiger partial charge >= 0.3 is 0 Å². The number of H-pyrrole nitrogens is 1. The average molecular weight is 558 g/mol. The number of aromatic nitrogens is 1. The Kier molecular flexibility index (Phi) is 9.30. The van der Waals surface area contributed by atoms with Crippen LogP contribution in [0.15, 0.2) is 58.5 Å². The summed E-state index contributed by atoms with van der Waals surface area (Å²) in [6.45, 7) is 5.35. The molecule has 0 aliphatic carbocycles. The number of hydrogen-bond acceptors (Lipinski definition) is 3. The highest BCUT2D eigenvalue weighted by Crippen LogP contribution is 2.21. The minimum absolute atomic E-state index is 0. The lowest BCUT2D eigenvalue weighted by Crippen LogP contribution is -2.38. The smallest absolute Gasteiger partial charge is 0.191 e. The van der Waals surface area contributed by atoms with Crippen LogP contribution in [0.25, 0.3) is 10.9 Å². The molecule has 1 heterocycles. The van der Waals surface area contributed by atoms with Crippen molar-refractivity contribution in [1.29, 1.82) is 0 Å². The first-order chi connectivity index (χ1) is 14.4. The molecule has 0 fully saturated rings. The molecule has 31 heavy (non-hydrogen) atoms. The molecule has 2 aromatic carbocycles. The monoisotopic (exact) mass is 558 g/mol. The predicted molar refractivity (Wildman–Crippen MR) is 135 cm³/mol. The lowest BCUT2D eigenvalue weighted by molar-refractivity contribution is 0.567. The van der Waals surface area contributed by atoms with Crippen molar-refractivity contribution < 1.29 is 12.8 Å². The van der Waals surface area contributed by atoms with Gasteiger partial charge in [0.1, 0.15) is 10.7 Å². The van der Waals surface area contributed by atoms with E-state index >= 15 is 0 Å². The number of benzene rings is 2. The lowest BCUT2D eigenvalue weighted by atomic mass is 10.1. The number of nitrogens with zero attached hydrogens (tertiary/aromatic N) is 1. The van der Waals surface area contributed by atoms with Crippen LogP contribution in [0.5, 0.6) is 0 Å². The minimum atomic E-state index is -3.73. The first-order valence-electron chi connectivity index (χ1n) is 9.97. The molecule has 0 aliphatic rings. The Labute approximate surface area is 199 Å². The van der Waals surface area contributed by atoms with Crippen molar-refractivity contribution in [2.75, 3.05) is 25.4 Å². The van der Waals surface area contributed by atoms with Crippen LogP contribution in [0.1, 0.15) is 18.1 Å². The fourth-order valence-electron chi connectivity index (χ4n) is 3.31. The van der Waals surface area contributed by atoms with Crippen molar-refractivity contribution in [2.24, 2.45) is 4.99 Å². The lowest BCUT2D eigenvalue weighted by Gasteiger charge is -2.11. The Hall–Kier alpha value is -2.14. The molecule has 0 saturated carbocycles. The summed E-state index contributed by atoms with van der Waals surface area (Å²) < 4.78 is 38.5. The summed E-state index contributed by atoms with van der Waals surface area (Å²) in [5, 5.41) is 7.54. The molecule has 6 nitrogen and oxygen atoms in total. The molecule has 0 unspecified atom stereocenters. The standard InChI is InChI=1S/C22H27FN4O2S.HI/c1-3-24-22(26-13-14-30(28,29)20-10-5-4-9-19(20)23)25-12-11-17-15-27-21-16(2)7-6-8-18(17)21;/h4-10,15,27H,3,11-14H2,1-2H3,(H2,24,25,26);1H. The number of aliphatic imine (C=N–C) groups is 1. The van der Waals surface area contributed by atoms with Crippen LogP contribution in [0.2, 0.25) is 0 Å². The van der Waals surface area contributed by atoms with Crippen LogP contribution in [0.3, 0.4) is 0 Å². The zero-order chi connectivity index (χ0) is 21.6. The van der Waals surface area contributed by atoms with Gasteiger partial charge in [0.05, 0.1) is 12.3 Å². The van der Waals surface area contributed by atoms with Crippen molar-refractivity contribution in [3.8, 4) is 0 Å². The van der Waals surface area contributed by atoms with Crippen LogP contribution >= 0.6 is 24.0 Å². The number of halogens is 2. The minimum Gasteiger partial charge on any atom is -0.361 e. The highest BCUT2D eigenvalue weighted by Gasteiger charge is 2.18. The van der Waals surface area contributed by atoms with Crippen molar-refractivity contribution >= 4 is 50.7 Å². The normalized spacial score (nSPS) is 11.9. The maximum Gasteiger partial charge on any atom is 0.191 e. The zero-order valence-electron chi connectivity index (χ0n) is 17.6. The van der Waals surface area contributed by atoms with Gasteiger partial charge in [0, 0.05) is 30.2 Å². The zero-order valence-corrected chi connectivity index (χ0v) is 20.8. The van der Waals surface area contributed by atoms with Crippen molar-refractivity contribution in [2.45, 2.75) is 25.2 Å². The third-order valence-electron chi connectivity index (χ3n) is 4.84. The number of hydrogen-bond donors (Lipinski definition) is 3. The largest absolute Gasteiger partial charge is 0.361 e. The van der Waals surface area contributed by atoms with Gasteiger partial charge in [0.25, 0.3) is 0 Å². The number of aryl methyl sites for hydroxylation is 1. The second-order valence-corrected chi connectivity index (χ2v) is 9.08. The van der Waals surface area contributed by atoms with E-state index in [1.165, 1.54) is 34.7 Å². The van der Waals surface area contributed by atoms with Gasteiger partial charge in [-0.05, 0) is 43.5 Å². The van der Waals surface area contributed by atoms with E-state index in [1.807, 2.05) is 19.2 Å². The van der Waals surface area contributed by atoms with E-state index in [9.17, 15) is 12.8 Å². The molecule has 0 aliphatic heterocycles. The van der Waals surface area contributed by atoms with Crippen molar-refractivity contribution in [3.63, 3.8) is 0 Å². The van der Waals surface area contributed by atoms with E-state index in [0.29, 0.717) is 19.0 Å². The number of para-hydroxylation sites is 1. The fourth-order valence-corrected chi connectivity index (χ4v) is 4.52. The van der Waals surface area contributed by atoms with Gasteiger partial charge in [-0.2, -0.15) is 0 Å². The van der Waals surface area contributed by atoms with E-state index in [2.05, 4.69) is 39.7 Å². The quantitative estimate of drug-likeness (QED) is 0.223. The summed E-state index contributed by atoms with van der Waals surface area (Å²) >= 11 is 0. The Bertz CT molecular complexity index is 1150. The molecular formula is C22H28FIN4O2S. The molecule has 0 bridgehead atoms. The first kappa shape index (κ1) is 25.1. The Morgan fingerprint density at radius 3 is 2.65 bits per heavy atom. The van der Waals surface area contributed by atoms with Crippen molar-refractivity contribution in [1.82, 2.24) is 15.6 Å². The van der Waals surface area contributed by atoms with Crippen molar-refractivity contribution in [3.05, 3.63) is 65.6 Å². The number of fused-ring (bicyclic) bond motifs is 1.